The van der Waals surface area contributed by atoms with Crippen LogP contribution in [0.15, 0.2) is 24.3 Å². The molecule has 5 heteroatoms. The van der Waals surface area contributed by atoms with E-state index in [0.717, 1.165) is 18.6 Å². The van der Waals surface area contributed by atoms with E-state index in [4.69, 9.17) is 4.74 Å². The van der Waals surface area contributed by atoms with Gasteiger partial charge in [0.05, 0.1) is 0 Å². The van der Waals surface area contributed by atoms with Gasteiger partial charge in [0.15, 0.2) is 0 Å². The van der Waals surface area contributed by atoms with Crippen LogP contribution in [0, 0.1) is 18.8 Å². The smallest absolute Gasteiger partial charge is 0.252 e. The van der Waals surface area contributed by atoms with Gasteiger partial charge in [0, 0.05) is 25.3 Å². The van der Waals surface area contributed by atoms with Crippen LogP contribution in [0.25, 0.3) is 0 Å². The minimum atomic E-state index is -0.552. The van der Waals surface area contributed by atoms with Gasteiger partial charge >= 0.3 is 0 Å². The summed E-state index contributed by atoms with van der Waals surface area (Å²) in [5.74, 6) is 0.148. The number of benzene rings is 1. The highest BCUT2D eigenvalue weighted by Crippen LogP contribution is 2.09. The monoisotopic (exact) mass is 348 g/mol. The summed E-state index contributed by atoms with van der Waals surface area (Å²) in [6.07, 6.45) is 0.759. The fraction of sp³-hybridized carbons (Fsp3) is 0.600. The Labute approximate surface area is 151 Å². The first-order valence-corrected chi connectivity index (χ1v) is 9.04. The Morgan fingerprint density at radius 3 is 2.40 bits per heavy atom. The molecule has 0 spiro atoms. The topological polar surface area (TPSA) is 67.4 Å². The molecule has 0 saturated carbocycles. The van der Waals surface area contributed by atoms with Gasteiger partial charge in [0.1, 0.15) is 6.04 Å². The maximum absolute atomic E-state index is 12.5. The lowest BCUT2D eigenvalue weighted by atomic mass is 10.0. The van der Waals surface area contributed by atoms with Crippen LogP contribution < -0.4 is 10.6 Å². The summed E-state index contributed by atoms with van der Waals surface area (Å²) in [6.45, 7) is 11.8. The summed E-state index contributed by atoms with van der Waals surface area (Å²) in [7, 11) is 0. The van der Waals surface area contributed by atoms with Crippen LogP contribution in [0.1, 0.15) is 50.0 Å². The van der Waals surface area contributed by atoms with E-state index >= 15 is 0 Å². The second-order valence-electron chi connectivity index (χ2n) is 7.12. The van der Waals surface area contributed by atoms with Crippen molar-refractivity contribution < 1.29 is 14.3 Å². The molecule has 1 atom stereocenters. The molecule has 0 radical (unpaired) electrons. The van der Waals surface area contributed by atoms with Crippen LogP contribution in [0.2, 0.25) is 0 Å². The Hall–Kier alpha value is -1.88. The summed E-state index contributed by atoms with van der Waals surface area (Å²) in [5, 5.41) is 5.75. The van der Waals surface area contributed by atoms with E-state index in [1.54, 1.807) is 6.07 Å². The lowest BCUT2D eigenvalue weighted by Crippen LogP contribution is -2.50. The van der Waals surface area contributed by atoms with Gasteiger partial charge in [-0.25, -0.2) is 0 Å². The van der Waals surface area contributed by atoms with E-state index < -0.39 is 6.04 Å². The number of aryl methyl sites for hydroxylation is 1. The molecule has 5 nitrogen and oxygen atoms in total. The van der Waals surface area contributed by atoms with Crippen molar-refractivity contribution in [2.75, 3.05) is 19.8 Å². The van der Waals surface area contributed by atoms with Gasteiger partial charge in [0.25, 0.3) is 5.91 Å². The van der Waals surface area contributed by atoms with Crippen molar-refractivity contribution in [1.82, 2.24) is 10.6 Å². The largest absolute Gasteiger partial charge is 0.381 e. The van der Waals surface area contributed by atoms with E-state index in [1.165, 1.54) is 0 Å². The molecular formula is C20H32N2O3. The third-order valence-corrected chi connectivity index (χ3v) is 3.84. The number of amides is 2. The molecule has 0 saturated heterocycles. The van der Waals surface area contributed by atoms with Gasteiger partial charge < -0.3 is 15.4 Å². The molecule has 2 N–H and O–H groups in total. The molecule has 0 aliphatic heterocycles. The van der Waals surface area contributed by atoms with Crippen molar-refractivity contribution in [3.8, 4) is 0 Å². The Morgan fingerprint density at radius 1 is 1.12 bits per heavy atom. The number of hydrogen-bond acceptors (Lipinski definition) is 3. The lowest BCUT2D eigenvalue weighted by molar-refractivity contribution is -0.124. The molecule has 1 unspecified atom stereocenters. The molecule has 2 amide bonds. The van der Waals surface area contributed by atoms with Crippen LogP contribution in [-0.2, 0) is 9.53 Å². The van der Waals surface area contributed by atoms with Gasteiger partial charge in [0.2, 0.25) is 5.91 Å². The third kappa shape index (κ3) is 7.69. The molecule has 0 fully saturated rings. The van der Waals surface area contributed by atoms with Gasteiger partial charge in [-0.2, -0.15) is 0 Å². The van der Waals surface area contributed by atoms with Gasteiger partial charge in [-0.3, -0.25) is 9.59 Å². The predicted molar refractivity (Wildman–Crippen MR) is 101 cm³/mol. The van der Waals surface area contributed by atoms with Crippen LogP contribution in [0.5, 0.6) is 0 Å². The van der Waals surface area contributed by atoms with Gasteiger partial charge in [-0.15, -0.1) is 0 Å². The van der Waals surface area contributed by atoms with E-state index in [0.29, 0.717) is 24.6 Å². The van der Waals surface area contributed by atoms with Crippen molar-refractivity contribution in [3.05, 3.63) is 35.4 Å². The van der Waals surface area contributed by atoms with Crippen molar-refractivity contribution in [1.29, 1.82) is 0 Å². The summed E-state index contributed by atoms with van der Waals surface area (Å²) < 4.78 is 5.50. The maximum Gasteiger partial charge on any atom is 0.252 e. The summed E-state index contributed by atoms with van der Waals surface area (Å²) in [5.41, 5.74) is 1.49. The molecule has 1 rings (SSSR count). The highest BCUT2D eigenvalue weighted by atomic mass is 16.5. The summed E-state index contributed by atoms with van der Waals surface area (Å²) in [4.78, 5) is 24.9. The Morgan fingerprint density at radius 2 is 1.80 bits per heavy atom. The summed E-state index contributed by atoms with van der Waals surface area (Å²) in [6, 6.07) is 6.82. The maximum atomic E-state index is 12.5. The number of rotatable bonds is 10. The fourth-order valence-electron chi connectivity index (χ4n) is 2.40. The van der Waals surface area contributed by atoms with Crippen molar-refractivity contribution in [3.63, 3.8) is 0 Å². The van der Waals surface area contributed by atoms with Gasteiger partial charge in [-0.1, -0.05) is 45.9 Å². The van der Waals surface area contributed by atoms with Crippen molar-refractivity contribution in [2.45, 2.75) is 47.1 Å². The molecule has 0 aromatic heterocycles. The highest BCUT2D eigenvalue weighted by Gasteiger charge is 2.24. The zero-order chi connectivity index (χ0) is 18.8. The number of nitrogens with one attached hydrogen (secondary N) is 2. The molecule has 140 valence electrons. The SMILES string of the molecule is Cc1ccccc1C(=O)NC(C(=O)NCCCOCC(C)C)C(C)C. The first-order chi connectivity index (χ1) is 11.8. The Kier molecular flexibility index (Phi) is 9.21. The standard InChI is InChI=1S/C20H32N2O3/c1-14(2)13-25-12-8-11-21-20(24)18(15(3)4)22-19(23)17-10-7-6-9-16(17)5/h6-7,9-10,14-15,18H,8,11-13H2,1-5H3,(H,21,24)(H,22,23). The molecule has 25 heavy (non-hydrogen) atoms. The number of carbonyl (C=O) groups is 2. The molecule has 1 aromatic rings. The van der Waals surface area contributed by atoms with Crippen LogP contribution in [0.3, 0.4) is 0 Å². The van der Waals surface area contributed by atoms with Crippen molar-refractivity contribution in [2.24, 2.45) is 11.8 Å². The number of carbonyl (C=O) groups excluding carboxylic acids is 2. The Bertz CT molecular complexity index is 556. The van der Waals surface area contributed by atoms with Crippen LogP contribution >= 0.6 is 0 Å². The third-order valence-electron chi connectivity index (χ3n) is 3.84. The molecular weight excluding hydrogens is 316 g/mol. The van der Waals surface area contributed by atoms with Crippen LogP contribution in [-0.4, -0.2) is 37.6 Å². The minimum Gasteiger partial charge on any atom is -0.381 e. The Balaban J connectivity index is 2.49. The second kappa shape index (κ2) is 10.9. The van der Waals surface area contributed by atoms with Gasteiger partial charge in [-0.05, 0) is 36.8 Å². The van der Waals surface area contributed by atoms with E-state index in [2.05, 4.69) is 24.5 Å². The average Bonchev–Trinajstić information content (AvgIpc) is 2.55. The van der Waals surface area contributed by atoms with E-state index in [9.17, 15) is 9.59 Å². The van der Waals surface area contributed by atoms with E-state index in [-0.39, 0.29) is 17.7 Å². The fourth-order valence-corrected chi connectivity index (χ4v) is 2.40. The normalized spacial score (nSPS) is 12.3. The van der Waals surface area contributed by atoms with Crippen molar-refractivity contribution >= 4 is 11.8 Å². The second-order valence-corrected chi connectivity index (χ2v) is 7.12. The number of hydrogen-bond donors (Lipinski definition) is 2. The zero-order valence-corrected chi connectivity index (χ0v) is 16.1. The molecule has 0 heterocycles. The lowest BCUT2D eigenvalue weighted by Gasteiger charge is -2.22. The highest BCUT2D eigenvalue weighted by molar-refractivity contribution is 5.98. The quantitative estimate of drug-likeness (QED) is 0.639. The minimum absolute atomic E-state index is 0.00478. The molecule has 0 aliphatic rings. The first-order valence-electron chi connectivity index (χ1n) is 9.04. The van der Waals surface area contributed by atoms with Crippen LogP contribution in [0.4, 0.5) is 0 Å². The first kappa shape index (κ1) is 21.2. The predicted octanol–water partition coefficient (Wildman–Crippen LogP) is 2.93. The van der Waals surface area contributed by atoms with E-state index in [1.807, 2.05) is 39.0 Å². The molecule has 0 bridgehead atoms. The molecule has 0 aliphatic carbocycles. The molecule has 1 aromatic carbocycles. The number of ether oxygens (including phenoxy) is 1. The average molecular weight is 348 g/mol. The zero-order valence-electron chi connectivity index (χ0n) is 16.1. The summed E-state index contributed by atoms with van der Waals surface area (Å²) >= 11 is 0.